The SMILES string of the molecule is O=C(c1ccc(OCC2CCCO2)cc1)N1CCCc2ccccc21. The Hall–Kier alpha value is -2.33. The first-order chi connectivity index (χ1) is 12.3. The van der Waals surface area contributed by atoms with Crippen molar-refractivity contribution in [2.75, 3.05) is 24.7 Å². The van der Waals surface area contributed by atoms with Crippen LogP contribution in [0, 0.1) is 0 Å². The highest BCUT2D eigenvalue weighted by Crippen LogP contribution is 2.28. The average molecular weight is 337 g/mol. The number of rotatable bonds is 4. The molecule has 130 valence electrons. The van der Waals surface area contributed by atoms with E-state index in [0.717, 1.165) is 50.3 Å². The summed E-state index contributed by atoms with van der Waals surface area (Å²) in [6, 6.07) is 15.6. The number of para-hydroxylation sites is 1. The van der Waals surface area contributed by atoms with E-state index < -0.39 is 0 Å². The molecule has 1 unspecified atom stereocenters. The van der Waals surface area contributed by atoms with Crippen LogP contribution in [-0.2, 0) is 11.2 Å². The van der Waals surface area contributed by atoms with Gasteiger partial charge in [0.15, 0.2) is 0 Å². The van der Waals surface area contributed by atoms with Crippen LogP contribution in [0.1, 0.15) is 35.2 Å². The molecule has 0 radical (unpaired) electrons. The van der Waals surface area contributed by atoms with Gasteiger partial charge in [-0.1, -0.05) is 18.2 Å². The Labute approximate surface area is 148 Å². The van der Waals surface area contributed by atoms with Gasteiger partial charge < -0.3 is 14.4 Å². The van der Waals surface area contributed by atoms with Crippen LogP contribution in [0.2, 0.25) is 0 Å². The average Bonchev–Trinajstić information content (AvgIpc) is 3.19. The third-order valence-corrected chi connectivity index (χ3v) is 4.92. The van der Waals surface area contributed by atoms with Gasteiger partial charge in [-0.3, -0.25) is 4.79 Å². The van der Waals surface area contributed by atoms with Gasteiger partial charge in [0.25, 0.3) is 5.91 Å². The van der Waals surface area contributed by atoms with Crippen molar-refractivity contribution in [1.82, 2.24) is 0 Å². The van der Waals surface area contributed by atoms with Crippen molar-refractivity contribution in [3.05, 3.63) is 59.7 Å². The van der Waals surface area contributed by atoms with E-state index in [0.29, 0.717) is 12.2 Å². The normalized spacial score (nSPS) is 19.5. The number of ether oxygens (including phenoxy) is 2. The van der Waals surface area contributed by atoms with Gasteiger partial charge in [-0.05, 0) is 61.6 Å². The summed E-state index contributed by atoms with van der Waals surface area (Å²) in [5.41, 5.74) is 2.98. The van der Waals surface area contributed by atoms with E-state index in [4.69, 9.17) is 9.47 Å². The number of benzene rings is 2. The van der Waals surface area contributed by atoms with Gasteiger partial charge in [-0.15, -0.1) is 0 Å². The molecular formula is C21H23NO3. The lowest BCUT2D eigenvalue weighted by Gasteiger charge is -2.29. The number of hydrogen-bond donors (Lipinski definition) is 0. The summed E-state index contributed by atoms with van der Waals surface area (Å²) in [6.45, 7) is 2.18. The monoisotopic (exact) mass is 337 g/mol. The van der Waals surface area contributed by atoms with Crippen molar-refractivity contribution in [3.8, 4) is 5.75 Å². The van der Waals surface area contributed by atoms with E-state index >= 15 is 0 Å². The first-order valence-electron chi connectivity index (χ1n) is 9.05. The quantitative estimate of drug-likeness (QED) is 0.851. The molecule has 2 aromatic rings. The Kier molecular flexibility index (Phi) is 4.70. The first-order valence-corrected chi connectivity index (χ1v) is 9.05. The number of carbonyl (C=O) groups is 1. The Morgan fingerprint density at radius 1 is 1.12 bits per heavy atom. The van der Waals surface area contributed by atoms with Gasteiger partial charge in [0.1, 0.15) is 12.4 Å². The number of amides is 1. The zero-order chi connectivity index (χ0) is 17.1. The lowest BCUT2D eigenvalue weighted by atomic mass is 10.0. The maximum atomic E-state index is 12.9. The maximum Gasteiger partial charge on any atom is 0.258 e. The van der Waals surface area contributed by atoms with Gasteiger partial charge in [0, 0.05) is 24.4 Å². The summed E-state index contributed by atoms with van der Waals surface area (Å²) >= 11 is 0. The topological polar surface area (TPSA) is 38.8 Å². The van der Waals surface area contributed by atoms with E-state index in [1.165, 1.54) is 5.56 Å². The highest BCUT2D eigenvalue weighted by atomic mass is 16.5. The summed E-state index contributed by atoms with van der Waals surface area (Å²) in [4.78, 5) is 14.8. The summed E-state index contributed by atoms with van der Waals surface area (Å²) in [6.07, 6.45) is 4.41. The van der Waals surface area contributed by atoms with Gasteiger partial charge in [-0.25, -0.2) is 0 Å². The van der Waals surface area contributed by atoms with Gasteiger partial charge >= 0.3 is 0 Å². The number of nitrogens with zero attached hydrogens (tertiary/aromatic N) is 1. The molecule has 4 rings (SSSR count). The Morgan fingerprint density at radius 2 is 1.96 bits per heavy atom. The van der Waals surface area contributed by atoms with Crippen molar-refractivity contribution < 1.29 is 14.3 Å². The molecule has 0 N–H and O–H groups in total. The molecule has 1 fully saturated rings. The van der Waals surface area contributed by atoms with Gasteiger partial charge in [-0.2, -0.15) is 0 Å². The van der Waals surface area contributed by atoms with E-state index in [9.17, 15) is 4.79 Å². The maximum absolute atomic E-state index is 12.9. The fourth-order valence-electron chi connectivity index (χ4n) is 3.56. The fourth-order valence-corrected chi connectivity index (χ4v) is 3.56. The summed E-state index contributed by atoms with van der Waals surface area (Å²) in [7, 11) is 0. The van der Waals surface area contributed by atoms with Gasteiger partial charge in [0.2, 0.25) is 0 Å². The van der Waals surface area contributed by atoms with Crippen LogP contribution in [0.25, 0.3) is 0 Å². The predicted octanol–water partition coefficient (Wildman–Crippen LogP) is 3.84. The Morgan fingerprint density at radius 3 is 2.76 bits per heavy atom. The largest absolute Gasteiger partial charge is 0.491 e. The minimum atomic E-state index is 0.0535. The van der Waals surface area contributed by atoms with E-state index in [2.05, 4.69) is 6.07 Å². The molecule has 2 heterocycles. The lowest BCUT2D eigenvalue weighted by molar-refractivity contribution is 0.0679. The smallest absolute Gasteiger partial charge is 0.258 e. The molecule has 1 saturated heterocycles. The zero-order valence-electron chi connectivity index (χ0n) is 14.3. The molecule has 4 heteroatoms. The molecule has 0 saturated carbocycles. The van der Waals surface area contributed by atoms with E-state index in [1.54, 1.807) is 0 Å². The molecule has 0 bridgehead atoms. The summed E-state index contributed by atoms with van der Waals surface area (Å²) in [5, 5.41) is 0. The van der Waals surface area contributed by atoms with Crippen molar-refractivity contribution >= 4 is 11.6 Å². The van der Waals surface area contributed by atoms with Crippen molar-refractivity contribution in [1.29, 1.82) is 0 Å². The lowest BCUT2D eigenvalue weighted by Crippen LogP contribution is -2.35. The summed E-state index contributed by atoms with van der Waals surface area (Å²) in [5.74, 6) is 0.837. The molecule has 25 heavy (non-hydrogen) atoms. The fraction of sp³-hybridized carbons (Fsp3) is 0.381. The second-order valence-corrected chi connectivity index (χ2v) is 6.66. The molecule has 1 atom stereocenters. The number of hydrogen-bond acceptors (Lipinski definition) is 3. The first kappa shape index (κ1) is 16.2. The third-order valence-electron chi connectivity index (χ3n) is 4.92. The number of carbonyl (C=O) groups excluding carboxylic acids is 1. The molecule has 0 spiro atoms. The molecular weight excluding hydrogens is 314 g/mol. The molecule has 0 aromatic heterocycles. The highest BCUT2D eigenvalue weighted by Gasteiger charge is 2.23. The Bertz CT molecular complexity index is 735. The van der Waals surface area contributed by atoms with Crippen molar-refractivity contribution in [2.24, 2.45) is 0 Å². The van der Waals surface area contributed by atoms with Crippen molar-refractivity contribution in [2.45, 2.75) is 31.8 Å². The Balaban J connectivity index is 1.44. The molecule has 4 nitrogen and oxygen atoms in total. The van der Waals surface area contributed by atoms with Crippen LogP contribution >= 0.6 is 0 Å². The van der Waals surface area contributed by atoms with Crippen LogP contribution in [0.5, 0.6) is 5.75 Å². The molecule has 0 aliphatic carbocycles. The number of fused-ring (bicyclic) bond motifs is 1. The molecule has 2 aliphatic rings. The third kappa shape index (κ3) is 3.54. The van der Waals surface area contributed by atoms with Crippen LogP contribution < -0.4 is 9.64 Å². The molecule has 2 aliphatic heterocycles. The second-order valence-electron chi connectivity index (χ2n) is 6.66. The van der Waals surface area contributed by atoms with Gasteiger partial charge in [0.05, 0.1) is 6.10 Å². The van der Waals surface area contributed by atoms with E-state index in [-0.39, 0.29) is 12.0 Å². The van der Waals surface area contributed by atoms with Crippen LogP contribution in [-0.4, -0.2) is 31.8 Å². The second kappa shape index (κ2) is 7.28. The minimum absolute atomic E-state index is 0.0535. The minimum Gasteiger partial charge on any atom is -0.491 e. The zero-order valence-corrected chi connectivity index (χ0v) is 14.3. The number of aryl methyl sites for hydroxylation is 1. The number of anilines is 1. The van der Waals surface area contributed by atoms with Crippen molar-refractivity contribution in [3.63, 3.8) is 0 Å². The molecule has 2 aromatic carbocycles. The van der Waals surface area contributed by atoms with Crippen LogP contribution in [0.15, 0.2) is 48.5 Å². The van der Waals surface area contributed by atoms with Crippen LogP contribution in [0.3, 0.4) is 0 Å². The van der Waals surface area contributed by atoms with Crippen LogP contribution in [0.4, 0.5) is 5.69 Å². The molecule has 1 amide bonds. The van der Waals surface area contributed by atoms with E-state index in [1.807, 2.05) is 47.4 Å². The summed E-state index contributed by atoms with van der Waals surface area (Å²) < 4.78 is 11.3. The predicted molar refractivity (Wildman–Crippen MR) is 97.4 cm³/mol. The standard InChI is InChI=1S/C21H23NO3/c23-21(22-13-3-6-16-5-1-2-8-20(16)22)17-9-11-18(12-10-17)25-15-19-7-4-14-24-19/h1-2,5,8-12,19H,3-4,6-7,13-15H2. The highest BCUT2D eigenvalue weighted by molar-refractivity contribution is 6.06.